The van der Waals surface area contributed by atoms with E-state index in [-0.39, 0.29) is 17.5 Å². The summed E-state index contributed by atoms with van der Waals surface area (Å²) in [5.41, 5.74) is 0.878. The number of amides is 2. The Balaban J connectivity index is 1.59. The van der Waals surface area contributed by atoms with Crippen molar-refractivity contribution in [3.8, 4) is 0 Å². The quantitative estimate of drug-likeness (QED) is 0.449. The van der Waals surface area contributed by atoms with Gasteiger partial charge in [-0.2, -0.15) is 0 Å². The van der Waals surface area contributed by atoms with Gasteiger partial charge in [-0.25, -0.2) is 0 Å². The number of carbonyl (C=O) groups is 2. The zero-order chi connectivity index (χ0) is 20.1. The lowest BCUT2D eigenvalue weighted by molar-refractivity contribution is -0.385. The molecule has 0 radical (unpaired) electrons. The molecule has 0 N–H and O–H groups in total. The van der Waals surface area contributed by atoms with E-state index in [1.807, 2.05) is 0 Å². The number of piperazine rings is 1. The average Bonchev–Trinajstić information content (AvgIpc) is 2.72. The number of para-hydroxylation sites is 1. The Labute approximate surface area is 167 Å². The van der Waals surface area contributed by atoms with Gasteiger partial charge in [0.05, 0.1) is 10.5 Å². The maximum Gasteiger partial charge on any atom is 0.276 e. The Hall–Kier alpha value is -3.19. The van der Waals surface area contributed by atoms with Crippen LogP contribution in [0.1, 0.15) is 15.9 Å². The van der Waals surface area contributed by atoms with Gasteiger partial charge in [-0.1, -0.05) is 23.7 Å². The van der Waals surface area contributed by atoms with E-state index in [1.54, 1.807) is 52.3 Å². The molecule has 1 heterocycles. The summed E-state index contributed by atoms with van der Waals surface area (Å²) in [5, 5.41) is 11.6. The zero-order valence-electron chi connectivity index (χ0n) is 15.0. The fourth-order valence-corrected chi connectivity index (χ4v) is 3.09. The summed E-state index contributed by atoms with van der Waals surface area (Å²) in [5.74, 6) is -0.337. The summed E-state index contributed by atoms with van der Waals surface area (Å²) < 4.78 is 0. The molecule has 2 aromatic rings. The Kier molecular flexibility index (Phi) is 6.06. The first-order valence-electron chi connectivity index (χ1n) is 8.71. The van der Waals surface area contributed by atoms with Gasteiger partial charge in [-0.05, 0) is 36.4 Å². The highest BCUT2D eigenvalue weighted by atomic mass is 35.5. The molecule has 1 fully saturated rings. The predicted molar refractivity (Wildman–Crippen MR) is 106 cm³/mol. The molecule has 2 amide bonds. The second kappa shape index (κ2) is 8.67. The van der Waals surface area contributed by atoms with Crippen LogP contribution >= 0.6 is 11.6 Å². The van der Waals surface area contributed by atoms with Crippen molar-refractivity contribution < 1.29 is 14.5 Å². The van der Waals surface area contributed by atoms with Crippen LogP contribution < -0.4 is 0 Å². The minimum absolute atomic E-state index is 0.0510. The van der Waals surface area contributed by atoms with Crippen molar-refractivity contribution in [2.45, 2.75) is 0 Å². The lowest BCUT2D eigenvalue weighted by Crippen LogP contribution is -2.50. The van der Waals surface area contributed by atoms with Crippen molar-refractivity contribution >= 4 is 35.2 Å². The molecule has 0 saturated carbocycles. The van der Waals surface area contributed by atoms with E-state index in [1.165, 1.54) is 18.2 Å². The minimum atomic E-state index is -0.481. The molecule has 0 atom stereocenters. The maximum atomic E-state index is 12.5. The summed E-state index contributed by atoms with van der Waals surface area (Å²) in [6, 6.07) is 12.9. The standard InChI is InChI=1S/C20H18ClN3O4/c21-17-8-5-16(6-9-17)20(26)23-13-11-22(12-14-23)19(25)10-7-15-3-1-2-4-18(15)24(27)28/h1-10H,11-14H2/b10-7+. The van der Waals surface area contributed by atoms with Gasteiger partial charge in [-0.3, -0.25) is 19.7 Å². The summed E-state index contributed by atoms with van der Waals surface area (Å²) in [4.78, 5) is 38.8. The van der Waals surface area contributed by atoms with Gasteiger partial charge in [0.1, 0.15) is 0 Å². The predicted octanol–water partition coefficient (Wildman–Crippen LogP) is 3.25. The number of nitro groups is 1. The van der Waals surface area contributed by atoms with E-state index in [0.29, 0.717) is 42.3 Å². The average molecular weight is 400 g/mol. The minimum Gasteiger partial charge on any atom is -0.336 e. The van der Waals surface area contributed by atoms with E-state index < -0.39 is 4.92 Å². The first-order valence-corrected chi connectivity index (χ1v) is 9.09. The fraction of sp³-hybridized carbons (Fsp3) is 0.200. The first-order chi connectivity index (χ1) is 13.5. The Morgan fingerprint density at radius 1 is 0.964 bits per heavy atom. The Morgan fingerprint density at radius 2 is 1.57 bits per heavy atom. The molecule has 0 aliphatic carbocycles. The first kappa shape index (κ1) is 19.6. The van der Waals surface area contributed by atoms with Crippen LogP contribution in [0.15, 0.2) is 54.6 Å². The van der Waals surface area contributed by atoms with Gasteiger partial charge in [0.25, 0.3) is 11.6 Å². The summed E-state index contributed by atoms with van der Waals surface area (Å²) >= 11 is 5.84. The third kappa shape index (κ3) is 4.55. The number of halogens is 1. The van der Waals surface area contributed by atoms with E-state index in [0.717, 1.165) is 0 Å². The molecule has 2 aromatic carbocycles. The lowest BCUT2D eigenvalue weighted by Gasteiger charge is -2.34. The maximum absolute atomic E-state index is 12.5. The second-order valence-corrected chi connectivity index (χ2v) is 6.71. The van der Waals surface area contributed by atoms with E-state index in [2.05, 4.69) is 0 Å². The van der Waals surface area contributed by atoms with Gasteiger partial charge < -0.3 is 9.80 Å². The number of nitrogens with zero attached hydrogens (tertiary/aromatic N) is 3. The molecular weight excluding hydrogens is 382 g/mol. The molecule has 28 heavy (non-hydrogen) atoms. The number of benzene rings is 2. The molecule has 8 heteroatoms. The number of rotatable bonds is 4. The highest BCUT2D eigenvalue weighted by Gasteiger charge is 2.24. The fourth-order valence-electron chi connectivity index (χ4n) is 2.97. The molecule has 1 aliphatic heterocycles. The number of nitro benzene ring substituents is 1. The largest absolute Gasteiger partial charge is 0.336 e. The van der Waals surface area contributed by atoms with Crippen LogP contribution in [0.2, 0.25) is 5.02 Å². The van der Waals surface area contributed by atoms with Crippen LogP contribution in [0.25, 0.3) is 6.08 Å². The molecule has 3 rings (SSSR count). The highest BCUT2D eigenvalue weighted by Crippen LogP contribution is 2.19. The molecule has 0 spiro atoms. The second-order valence-electron chi connectivity index (χ2n) is 6.27. The van der Waals surface area contributed by atoms with Crippen molar-refractivity contribution in [1.29, 1.82) is 0 Å². The Morgan fingerprint density at radius 3 is 2.21 bits per heavy atom. The van der Waals surface area contributed by atoms with Crippen molar-refractivity contribution in [3.63, 3.8) is 0 Å². The molecular formula is C20H18ClN3O4. The summed E-state index contributed by atoms with van der Waals surface area (Å²) in [6.07, 6.45) is 2.78. The van der Waals surface area contributed by atoms with Crippen LogP contribution in [-0.4, -0.2) is 52.7 Å². The van der Waals surface area contributed by atoms with Crippen LogP contribution in [0.3, 0.4) is 0 Å². The summed E-state index contributed by atoms with van der Waals surface area (Å²) in [7, 11) is 0. The van der Waals surface area contributed by atoms with Gasteiger partial charge in [0.2, 0.25) is 5.91 Å². The summed E-state index contributed by atoms with van der Waals surface area (Å²) in [6.45, 7) is 1.65. The van der Waals surface area contributed by atoms with E-state index >= 15 is 0 Å². The number of carbonyl (C=O) groups excluding carboxylic acids is 2. The van der Waals surface area contributed by atoms with Crippen molar-refractivity contribution in [2.75, 3.05) is 26.2 Å². The molecule has 1 saturated heterocycles. The number of hydrogen-bond donors (Lipinski definition) is 0. The lowest BCUT2D eigenvalue weighted by atomic mass is 10.1. The van der Waals surface area contributed by atoms with Gasteiger partial charge in [0, 0.05) is 48.9 Å². The molecule has 0 bridgehead atoms. The smallest absolute Gasteiger partial charge is 0.276 e. The van der Waals surface area contributed by atoms with Gasteiger partial charge in [0.15, 0.2) is 0 Å². The van der Waals surface area contributed by atoms with E-state index in [4.69, 9.17) is 11.6 Å². The van der Waals surface area contributed by atoms with Crippen LogP contribution in [0, 0.1) is 10.1 Å². The molecule has 0 aromatic heterocycles. The van der Waals surface area contributed by atoms with Gasteiger partial charge >= 0.3 is 0 Å². The normalized spacial score (nSPS) is 14.3. The van der Waals surface area contributed by atoms with E-state index in [9.17, 15) is 19.7 Å². The topological polar surface area (TPSA) is 83.8 Å². The molecule has 0 unspecified atom stereocenters. The van der Waals surface area contributed by atoms with Crippen molar-refractivity contribution in [3.05, 3.63) is 80.9 Å². The van der Waals surface area contributed by atoms with Crippen LogP contribution in [0.5, 0.6) is 0 Å². The third-order valence-corrected chi connectivity index (χ3v) is 4.76. The highest BCUT2D eigenvalue weighted by molar-refractivity contribution is 6.30. The SMILES string of the molecule is O=C(/C=C/c1ccccc1[N+](=O)[O-])N1CCN(C(=O)c2ccc(Cl)cc2)CC1. The Bertz CT molecular complexity index is 919. The van der Waals surface area contributed by atoms with Gasteiger partial charge in [-0.15, -0.1) is 0 Å². The molecule has 7 nitrogen and oxygen atoms in total. The van der Waals surface area contributed by atoms with Crippen LogP contribution in [-0.2, 0) is 4.79 Å². The molecule has 144 valence electrons. The monoisotopic (exact) mass is 399 g/mol. The van der Waals surface area contributed by atoms with Crippen molar-refractivity contribution in [2.24, 2.45) is 0 Å². The molecule has 1 aliphatic rings. The number of hydrogen-bond acceptors (Lipinski definition) is 4. The van der Waals surface area contributed by atoms with Crippen LogP contribution in [0.4, 0.5) is 5.69 Å². The van der Waals surface area contributed by atoms with Crippen molar-refractivity contribution in [1.82, 2.24) is 9.80 Å². The third-order valence-electron chi connectivity index (χ3n) is 4.51. The zero-order valence-corrected chi connectivity index (χ0v) is 15.7.